The molecule has 4 nitrogen and oxygen atoms in total. The summed E-state index contributed by atoms with van der Waals surface area (Å²) in [6.07, 6.45) is -0.119. The summed E-state index contributed by atoms with van der Waals surface area (Å²) in [5.41, 5.74) is 0.0460. The van der Waals surface area contributed by atoms with E-state index in [1.54, 1.807) is 6.92 Å². The highest BCUT2D eigenvalue weighted by atomic mass is 19.1. The van der Waals surface area contributed by atoms with Gasteiger partial charge in [-0.25, -0.2) is 4.39 Å². The van der Waals surface area contributed by atoms with Gasteiger partial charge in [0.05, 0.1) is 11.7 Å². The van der Waals surface area contributed by atoms with Crippen molar-refractivity contribution in [2.24, 2.45) is 0 Å². The van der Waals surface area contributed by atoms with Crippen LogP contribution in [-0.4, -0.2) is 30.8 Å². The molecule has 0 aliphatic rings. The van der Waals surface area contributed by atoms with Crippen molar-refractivity contribution >= 4 is 5.91 Å². The number of phenols is 1. The van der Waals surface area contributed by atoms with Crippen LogP contribution in [0.4, 0.5) is 4.39 Å². The van der Waals surface area contributed by atoms with Crippen LogP contribution in [-0.2, 0) is 4.74 Å². The molecule has 1 aromatic carbocycles. The summed E-state index contributed by atoms with van der Waals surface area (Å²) < 4.78 is 17.6. The molecule has 0 saturated carbocycles. The predicted molar refractivity (Wildman–Crippen MR) is 56.9 cm³/mol. The lowest BCUT2D eigenvalue weighted by molar-refractivity contribution is 0.0868. The van der Waals surface area contributed by atoms with Crippen molar-refractivity contribution in [2.45, 2.75) is 13.0 Å². The molecule has 0 bridgehead atoms. The molecular formula is C11H14FNO3. The molecule has 1 amide bonds. The molecule has 0 saturated heterocycles. The number of phenolic OH excluding ortho intramolecular Hbond substituents is 1. The summed E-state index contributed by atoms with van der Waals surface area (Å²) in [7, 11) is 1.53. The Balaban J connectivity index is 2.66. The second kappa shape index (κ2) is 5.46. The maximum Gasteiger partial charge on any atom is 0.255 e. The minimum atomic E-state index is -0.584. The minimum absolute atomic E-state index is 0.0460. The molecule has 1 aromatic rings. The van der Waals surface area contributed by atoms with Crippen LogP contribution in [0.1, 0.15) is 17.3 Å². The molecule has 1 unspecified atom stereocenters. The van der Waals surface area contributed by atoms with Crippen LogP contribution in [0, 0.1) is 5.82 Å². The van der Waals surface area contributed by atoms with Crippen molar-refractivity contribution in [3.05, 3.63) is 29.6 Å². The van der Waals surface area contributed by atoms with Gasteiger partial charge in [-0.05, 0) is 19.1 Å². The molecule has 0 radical (unpaired) electrons. The van der Waals surface area contributed by atoms with Gasteiger partial charge in [0.15, 0.2) is 0 Å². The Kier molecular flexibility index (Phi) is 4.25. The van der Waals surface area contributed by atoms with Crippen molar-refractivity contribution < 1.29 is 19.0 Å². The first-order chi connectivity index (χ1) is 7.54. The van der Waals surface area contributed by atoms with E-state index < -0.39 is 11.7 Å². The zero-order chi connectivity index (χ0) is 12.1. The topological polar surface area (TPSA) is 58.6 Å². The van der Waals surface area contributed by atoms with E-state index in [-0.39, 0.29) is 17.4 Å². The SMILES string of the molecule is COC(C)CNC(=O)c1ccc(F)cc1O. The Hall–Kier alpha value is -1.62. The quantitative estimate of drug-likeness (QED) is 0.815. The number of methoxy groups -OCH3 is 1. The van der Waals surface area contributed by atoms with Crippen LogP contribution in [0.15, 0.2) is 18.2 Å². The molecule has 0 aromatic heterocycles. The lowest BCUT2D eigenvalue weighted by Crippen LogP contribution is -2.31. The van der Waals surface area contributed by atoms with Crippen molar-refractivity contribution in [2.75, 3.05) is 13.7 Å². The van der Waals surface area contributed by atoms with Crippen molar-refractivity contribution in [1.29, 1.82) is 0 Å². The number of amides is 1. The van der Waals surface area contributed by atoms with Crippen LogP contribution in [0.5, 0.6) is 5.75 Å². The fourth-order valence-corrected chi connectivity index (χ4v) is 1.11. The van der Waals surface area contributed by atoms with E-state index >= 15 is 0 Å². The summed E-state index contributed by atoms with van der Waals surface area (Å²) in [5, 5.41) is 11.9. The number of benzene rings is 1. The highest BCUT2D eigenvalue weighted by Crippen LogP contribution is 2.17. The third-order valence-corrected chi connectivity index (χ3v) is 2.16. The van der Waals surface area contributed by atoms with Gasteiger partial charge in [-0.3, -0.25) is 4.79 Å². The molecular weight excluding hydrogens is 213 g/mol. The van der Waals surface area contributed by atoms with Crippen LogP contribution >= 0.6 is 0 Å². The predicted octanol–water partition coefficient (Wildman–Crippen LogP) is 1.30. The molecule has 0 spiro atoms. The normalized spacial score (nSPS) is 12.2. The number of ether oxygens (including phenoxy) is 1. The summed E-state index contributed by atoms with van der Waals surface area (Å²) in [6.45, 7) is 2.12. The molecule has 16 heavy (non-hydrogen) atoms. The second-order valence-corrected chi connectivity index (χ2v) is 3.42. The van der Waals surface area contributed by atoms with Gasteiger partial charge in [-0.2, -0.15) is 0 Å². The Morgan fingerprint density at radius 1 is 1.62 bits per heavy atom. The lowest BCUT2D eigenvalue weighted by Gasteiger charge is -2.11. The van der Waals surface area contributed by atoms with Gasteiger partial charge in [0.25, 0.3) is 5.91 Å². The molecule has 1 rings (SSSR count). The Labute approximate surface area is 93.0 Å². The summed E-state index contributed by atoms with van der Waals surface area (Å²) in [4.78, 5) is 11.5. The van der Waals surface area contributed by atoms with Gasteiger partial charge in [0, 0.05) is 19.7 Å². The van der Waals surface area contributed by atoms with Crippen molar-refractivity contribution in [3.8, 4) is 5.75 Å². The zero-order valence-electron chi connectivity index (χ0n) is 9.16. The van der Waals surface area contributed by atoms with Gasteiger partial charge >= 0.3 is 0 Å². The van der Waals surface area contributed by atoms with E-state index in [2.05, 4.69) is 5.32 Å². The van der Waals surface area contributed by atoms with Crippen molar-refractivity contribution in [3.63, 3.8) is 0 Å². The van der Waals surface area contributed by atoms with E-state index in [9.17, 15) is 14.3 Å². The first kappa shape index (κ1) is 12.4. The molecule has 5 heteroatoms. The number of hydrogen-bond donors (Lipinski definition) is 2. The minimum Gasteiger partial charge on any atom is -0.507 e. The first-order valence-corrected chi connectivity index (χ1v) is 4.84. The molecule has 0 aliphatic heterocycles. The fourth-order valence-electron chi connectivity index (χ4n) is 1.11. The zero-order valence-corrected chi connectivity index (χ0v) is 9.16. The maximum atomic E-state index is 12.7. The summed E-state index contributed by atoms with van der Waals surface area (Å²) >= 11 is 0. The van der Waals surface area contributed by atoms with E-state index in [1.165, 1.54) is 13.2 Å². The number of halogens is 1. The Morgan fingerprint density at radius 3 is 2.88 bits per heavy atom. The van der Waals surface area contributed by atoms with E-state index in [0.717, 1.165) is 12.1 Å². The molecule has 1 atom stereocenters. The summed E-state index contributed by atoms with van der Waals surface area (Å²) in [5.74, 6) is -1.41. The van der Waals surface area contributed by atoms with E-state index in [0.29, 0.717) is 6.54 Å². The number of carbonyl (C=O) groups is 1. The molecule has 0 aliphatic carbocycles. The van der Waals surface area contributed by atoms with Crippen LogP contribution in [0.3, 0.4) is 0 Å². The Bertz CT molecular complexity index is 381. The fraction of sp³-hybridized carbons (Fsp3) is 0.364. The van der Waals surface area contributed by atoms with Crippen LogP contribution in [0.2, 0.25) is 0 Å². The average molecular weight is 227 g/mol. The Morgan fingerprint density at radius 2 is 2.31 bits per heavy atom. The third kappa shape index (κ3) is 3.20. The summed E-state index contributed by atoms with van der Waals surface area (Å²) in [6, 6.07) is 3.25. The lowest BCUT2D eigenvalue weighted by atomic mass is 10.2. The number of rotatable bonds is 4. The second-order valence-electron chi connectivity index (χ2n) is 3.42. The largest absolute Gasteiger partial charge is 0.507 e. The number of nitrogens with one attached hydrogen (secondary N) is 1. The number of carbonyl (C=O) groups excluding carboxylic acids is 1. The standard InChI is InChI=1S/C11H14FNO3/c1-7(16-2)6-13-11(15)9-4-3-8(12)5-10(9)14/h3-5,7,14H,6H2,1-2H3,(H,13,15). The van der Waals surface area contributed by atoms with Gasteiger partial charge in [-0.15, -0.1) is 0 Å². The van der Waals surface area contributed by atoms with Gasteiger partial charge in [0.1, 0.15) is 11.6 Å². The molecule has 0 heterocycles. The smallest absolute Gasteiger partial charge is 0.255 e. The molecule has 88 valence electrons. The molecule has 0 fully saturated rings. The maximum absolute atomic E-state index is 12.7. The van der Waals surface area contributed by atoms with Crippen LogP contribution in [0.25, 0.3) is 0 Å². The van der Waals surface area contributed by atoms with Crippen LogP contribution < -0.4 is 5.32 Å². The van der Waals surface area contributed by atoms with E-state index in [4.69, 9.17) is 4.74 Å². The van der Waals surface area contributed by atoms with Gasteiger partial charge in [-0.1, -0.05) is 0 Å². The van der Waals surface area contributed by atoms with Gasteiger partial charge in [0.2, 0.25) is 0 Å². The molecule has 2 N–H and O–H groups in total. The first-order valence-electron chi connectivity index (χ1n) is 4.84. The number of aromatic hydroxyl groups is 1. The monoisotopic (exact) mass is 227 g/mol. The van der Waals surface area contributed by atoms with Gasteiger partial charge < -0.3 is 15.2 Å². The van der Waals surface area contributed by atoms with Crippen molar-refractivity contribution in [1.82, 2.24) is 5.32 Å². The van der Waals surface area contributed by atoms with E-state index in [1.807, 2.05) is 0 Å². The highest BCUT2D eigenvalue weighted by molar-refractivity contribution is 5.96. The number of hydrogen-bond acceptors (Lipinski definition) is 3. The third-order valence-electron chi connectivity index (χ3n) is 2.16. The highest BCUT2D eigenvalue weighted by Gasteiger charge is 2.12. The average Bonchev–Trinajstić information content (AvgIpc) is 2.25.